The van der Waals surface area contributed by atoms with Crippen LogP contribution >= 0.6 is 0 Å². The molecular weight excluding hydrogens is 279 g/mol. The Kier molecular flexibility index (Phi) is 3.16. The van der Waals surface area contributed by atoms with Crippen molar-refractivity contribution in [1.29, 1.82) is 0 Å². The summed E-state index contributed by atoms with van der Waals surface area (Å²) in [6, 6.07) is 9.05. The zero-order chi connectivity index (χ0) is 15.0. The molecule has 0 N–H and O–H groups in total. The first-order valence-corrected chi connectivity index (χ1v) is 6.39. The highest BCUT2D eigenvalue weighted by Gasteiger charge is 2.29. The molecule has 108 valence electrons. The van der Waals surface area contributed by atoms with E-state index in [0.717, 1.165) is 34.6 Å². The van der Waals surface area contributed by atoms with Gasteiger partial charge in [-0.3, -0.25) is 0 Å². The standard InChI is InChI=1S/C15H12F3N3/c1-10-6-13(21-14(7-10)19-9-20-21)8-11-2-4-12(5-3-11)15(16,17)18/h2-7,9H,8H2,1H3. The summed E-state index contributed by atoms with van der Waals surface area (Å²) in [7, 11) is 0. The molecule has 3 nitrogen and oxygen atoms in total. The maximum atomic E-state index is 12.5. The Balaban J connectivity index is 1.93. The molecule has 0 radical (unpaired) electrons. The fourth-order valence-corrected chi connectivity index (χ4v) is 2.29. The van der Waals surface area contributed by atoms with E-state index >= 15 is 0 Å². The highest BCUT2D eigenvalue weighted by Crippen LogP contribution is 2.29. The molecule has 0 aliphatic rings. The number of hydrogen-bond acceptors (Lipinski definition) is 2. The number of aromatic nitrogens is 3. The molecule has 1 aromatic carbocycles. The second-order valence-corrected chi connectivity index (χ2v) is 4.93. The van der Waals surface area contributed by atoms with E-state index in [4.69, 9.17) is 0 Å². The minimum absolute atomic E-state index is 0.500. The van der Waals surface area contributed by atoms with E-state index in [9.17, 15) is 13.2 Å². The maximum absolute atomic E-state index is 12.5. The highest BCUT2D eigenvalue weighted by molar-refractivity contribution is 5.42. The van der Waals surface area contributed by atoms with E-state index in [1.54, 1.807) is 4.52 Å². The minimum atomic E-state index is -4.30. The van der Waals surface area contributed by atoms with Crippen LogP contribution in [0.1, 0.15) is 22.4 Å². The zero-order valence-corrected chi connectivity index (χ0v) is 11.2. The normalized spacial score (nSPS) is 12.0. The summed E-state index contributed by atoms with van der Waals surface area (Å²) in [5, 5.41) is 4.14. The Bertz CT molecular complexity index is 773. The molecule has 0 atom stereocenters. The molecule has 0 fully saturated rings. The number of rotatable bonds is 2. The van der Waals surface area contributed by atoms with Crippen LogP contribution in [0.4, 0.5) is 13.2 Å². The van der Waals surface area contributed by atoms with Crippen molar-refractivity contribution < 1.29 is 13.2 Å². The Hall–Kier alpha value is -2.37. The molecule has 0 spiro atoms. The van der Waals surface area contributed by atoms with Gasteiger partial charge in [0.2, 0.25) is 0 Å². The topological polar surface area (TPSA) is 30.2 Å². The summed E-state index contributed by atoms with van der Waals surface area (Å²) in [6.45, 7) is 1.95. The molecule has 2 heterocycles. The fourth-order valence-electron chi connectivity index (χ4n) is 2.29. The molecule has 3 aromatic rings. The summed E-state index contributed by atoms with van der Waals surface area (Å²) >= 11 is 0. The first-order chi connectivity index (χ1) is 9.93. The van der Waals surface area contributed by atoms with E-state index in [-0.39, 0.29) is 0 Å². The molecule has 6 heteroatoms. The van der Waals surface area contributed by atoms with Gasteiger partial charge in [-0.15, -0.1) is 0 Å². The van der Waals surface area contributed by atoms with Gasteiger partial charge in [-0.05, 0) is 42.3 Å². The second kappa shape index (κ2) is 4.87. The molecule has 0 aliphatic carbocycles. The third-order valence-corrected chi connectivity index (χ3v) is 3.26. The molecule has 2 aromatic heterocycles. The lowest BCUT2D eigenvalue weighted by Gasteiger charge is -2.09. The Morgan fingerprint density at radius 3 is 2.48 bits per heavy atom. The van der Waals surface area contributed by atoms with Crippen molar-refractivity contribution in [2.75, 3.05) is 0 Å². The lowest BCUT2D eigenvalue weighted by molar-refractivity contribution is -0.137. The number of halogens is 3. The molecule has 0 saturated carbocycles. The number of benzene rings is 1. The number of nitrogens with zero attached hydrogens (tertiary/aromatic N) is 3. The average Bonchev–Trinajstić information content (AvgIpc) is 2.86. The first kappa shape index (κ1) is 13.6. The zero-order valence-electron chi connectivity index (χ0n) is 11.2. The molecule has 21 heavy (non-hydrogen) atoms. The summed E-state index contributed by atoms with van der Waals surface area (Å²) in [5.41, 5.74) is 2.82. The van der Waals surface area contributed by atoms with E-state index < -0.39 is 11.7 Å². The van der Waals surface area contributed by atoms with Crippen LogP contribution in [-0.2, 0) is 12.6 Å². The van der Waals surface area contributed by atoms with E-state index in [1.807, 2.05) is 19.1 Å². The van der Waals surface area contributed by atoms with Gasteiger partial charge in [0, 0.05) is 12.1 Å². The van der Waals surface area contributed by atoms with Crippen molar-refractivity contribution in [3.8, 4) is 0 Å². The molecule has 0 amide bonds. The van der Waals surface area contributed by atoms with Gasteiger partial charge in [-0.2, -0.15) is 18.3 Å². The van der Waals surface area contributed by atoms with Crippen molar-refractivity contribution in [2.24, 2.45) is 0 Å². The van der Waals surface area contributed by atoms with Crippen molar-refractivity contribution in [3.63, 3.8) is 0 Å². The van der Waals surface area contributed by atoms with Crippen LogP contribution in [0.5, 0.6) is 0 Å². The highest BCUT2D eigenvalue weighted by atomic mass is 19.4. The summed E-state index contributed by atoms with van der Waals surface area (Å²) in [5.74, 6) is 0. The quantitative estimate of drug-likeness (QED) is 0.721. The third-order valence-electron chi connectivity index (χ3n) is 3.26. The van der Waals surface area contributed by atoms with Crippen molar-refractivity contribution in [1.82, 2.24) is 14.6 Å². The molecule has 0 bridgehead atoms. The molecule has 3 rings (SSSR count). The Morgan fingerprint density at radius 2 is 1.81 bits per heavy atom. The summed E-state index contributed by atoms with van der Waals surface area (Å²) in [4.78, 5) is 4.13. The van der Waals surface area contributed by atoms with Gasteiger partial charge < -0.3 is 0 Å². The van der Waals surface area contributed by atoms with Gasteiger partial charge in [-0.25, -0.2) is 9.50 Å². The van der Waals surface area contributed by atoms with Crippen molar-refractivity contribution in [3.05, 3.63) is 65.1 Å². The maximum Gasteiger partial charge on any atom is 0.416 e. The van der Waals surface area contributed by atoms with Crippen LogP contribution in [0.3, 0.4) is 0 Å². The number of pyridine rings is 1. The summed E-state index contributed by atoms with van der Waals surface area (Å²) in [6.07, 6.45) is -2.34. The van der Waals surface area contributed by atoms with Crippen LogP contribution in [-0.4, -0.2) is 14.6 Å². The van der Waals surface area contributed by atoms with Gasteiger partial charge >= 0.3 is 6.18 Å². The van der Waals surface area contributed by atoms with Crippen LogP contribution < -0.4 is 0 Å². The number of alkyl halides is 3. The fraction of sp³-hybridized carbons (Fsp3) is 0.200. The van der Waals surface area contributed by atoms with Crippen molar-refractivity contribution in [2.45, 2.75) is 19.5 Å². The molecule has 0 saturated heterocycles. The third kappa shape index (κ3) is 2.74. The predicted molar refractivity (Wildman–Crippen MR) is 72.0 cm³/mol. The molecular formula is C15H12F3N3. The number of hydrogen-bond donors (Lipinski definition) is 0. The van der Waals surface area contributed by atoms with E-state index in [2.05, 4.69) is 10.1 Å². The number of fused-ring (bicyclic) bond motifs is 1. The predicted octanol–water partition coefficient (Wildman–Crippen LogP) is 3.65. The largest absolute Gasteiger partial charge is 0.416 e. The van der Waals surface area contributed by atoms with Gasteiger partial charge in [0.25, 0.3) is 0 Å². The van der Waals surface area contributed by atoms with Crippen molar-refractivity contribution >= 4 is 5.65 Å². The SMILES string of the molecule is Cc1cc(Cc2ccc(C(F)(F)F)cc2)n2ncnc2c1. The lowest BCUT2D eigenvalue weighted by Crippen LogP contribution is -2.05. The first-order valence-electron chi connectivity index (χ1n) is 6.39. The van der Waals surface area contributed by atoms with Crippen LogP contribution in [0.15, 0.2) is 42.7 Å². The molecule has 0 unspecified atom stereocenters. The van der Waals surface area contributed by atoms with Crippen LogP contribution in [0.2, 0.25) is 0 Å². The smallest absolute Gasteiger partial charge is 0.218 e. The Morgan fingerprint density at radius 1 is 1.10 bits per heavy atom. The average molecular weight is 291 g/mol. The second-order valence-electron chi connectivity index (χ2n) is 4.93. The van der Waals surface area contributed by atoms with Gasteiger partial charge in [0.05, 0.1) is 5.56 Å². The Labute approximate surface area is 119 Å². The van der Waals surface area contributed by atoms with Gasteiger partial charge in [0.1, 0.15) is 6.33 Å². The lowest BCUT2D eigenvalue weighted by atomic mass is 10.1. The summed E-state index contributed by atoms with van der Waals surface area (Å²) < 4.78 is 39.3. The molecule has 0 aliphatic heterocycles. The van der Waals surface area contributed by atoms with Crippen LogP contribution in [0, 0.1) is 6.92 Å². The van der Waals surface area contributed by atoms with Crippen LogP contribution in [0.25, 0.3) is 5.65 Å². The van der Waals surface area contributed by atoms with E-state index in [1.165, 1.54) is 18.5 Å². The minimum Gasteiger partial charge on any atom is -0.218 e. The van der Waals surface area contributed by atoms with E-state index in [0.29, 0.717) is 6.42 Å². The van der Waals surface area contributed by atoms with Gasteiger partial charge in [0.15, 0.2) is 5.65 Å². The van der Waals surface area contributed by atoms with Gasteiger partial charge in [-0.1, -0.05) is 12.1 Å². The monoisotopic (exact) mass is 291 g/mol. The number of aryl methyl sites for hydroxylation is 1.